The Hall–Kier alpha value is -1.73. The number of amides is 1. The van der Waals surface area contributed by atoms with Gasteiger partial charge in [-0.3, -0.25) is 9.59 Å². The van der Waals surface area contributed by atoms with Crippen molar-refractivity contribution in [3.63, 3.8) is 0 Å². The molecule has 0 saturated carbocycles. The van der Waals surface area contributed by atoms with Gasteiger partial charge in [0.15, 0.2) is 12.4 Å². The summed E-state index contributed by atoms with van der Waals surface area (Å²) in [5.41, 5.74) is 1.16. The van der Waals surface area contributed by atoms with E-state index in [4.69, 9.17) is 0 Å². The SMILES string of the molecule is CNC(=O)C[NH2+][C@H](C)c1nc2sc3c(c2c(=O)[nH]1)CC[C@H](C)C3. The number of nitrogens with one attached hydrogen (secondary N) is 2. The molecule has 0 spiro atoms. The van der Waals surface area contributed by atoms with Crippen molar-refractivity contribution in [2.24, 2.45) is 5.92 Å². The first-order valence-electron chi connectivity index (χ1n) is 8.08. The van der Waals surface area contributed by atoms with E-state index in [9.17, 15) is 9.59 Å². The molecular formula is C16H23N4O2S+. The standard InChI is InChI=1S/C16H22N4O2S/c1-8-4-5-10-11(6-8)23-16-13(10)15(22)19-14(20-16)9(2)18-7-12(21)17-3/h8-9,18H,4-7H2,1-3H3,(H,17,21)(H,19,20,22)/p+1/t8-,9+/m0/s1. The maximum Gasteiger partial charge on any atom is 0.274 e. The topological polar surface area (TPSA) is 91.5 Å². The van der Waals surface area contributed by atoms with Crippen molar-refractivity contribution >= 4 is 27.5 Å². The molecule has 0 unspecified atom stereocenters. The number of nitrogens with two attached hydrogens (primary N) is 1. The third kappa shape index (κ3) is 3.16. The number of hydrogen-bond donors (Lipinski definition) is 3. The van der Waals surface area contributed by atoms with Crippen molar-refractivity contribution in [1.29, 1.82) is 0 Å². The smallest absolute Gasteiger partial charge is 0.274 e. The average molecular weight is 335 g/mol. The van der Waals surface area contributed by atoms with E-state index in [1.165, 1.54) is 10.4 Å². The van der Waals surface area contributed by atoms with Crippen LogP contribution in [0, 0.1) is 5.92 Å². The Balaban J connectivity index is 1.92. The molecule has 3 rings (SSSR count). The summed E-state index contributed by atoms with van der Waals surface area (Å²) in [4.78, 5) is 33.6. The van der Waals surface area contributed by atoms with Gasteiger partial charge in [-0.15, -0.1) is 11.3 Å². The number of aromatic amines is 1. The number of nitrogens with zero attached hydrogens (tertiary/aromatic N) is 1. The van der Waals surface area contributed by atoms with Gasteiger partial charge in [-0.1, -0.05) is 6.92 Å². The number of carbonyl (C=O) groups is 1. The van der Waals surface area contributed by atoms with Gasteiger partial charge in [0.1, 0.15) is 10.9 Å². The Kier molecular flexibility index (Phi) is 4.50. The molecule has 2 heterocycles. The van der Waals surface area contributed by atoms with Gasteiger partial charge in [-0.25, -0.2) is 4.98 Å². The predicted molar refractivity (Wildman–Crippen MR) is 90.7 cm³/mol. The molecule has 0 saturated heterocycles. The maximum absolute atomic E-state index is 12.5. The number of aryl methyl sites for hydroxylation is 1. The number of likely N-dealkylation sites (N-methyl/N-ethyl adjacent to an activating group) is 1. The molecule has 0 aliphatic heterocycles. The van der Waals surface area contributed by atoms with Crippen molar-refractivity contribution in [3.8, 4) is 0 Å². The van der Waals surface area contributed by atoms with Gasteiger partial charge in [-0.05, 0) is 37.7 Å². The molecule has 6 nitrogen and oxygen atoms in total. The summed E-state index contributed by atoms with van der Waals surface area (Å²) in [6.07, 6.45) is 3.15. The molecule has 1 amide bonds. The highest BCUT2D eigenvalue weighted by Crippen LogP contribution is 2.35. The predicted octanol–water partition coefficient (Wildman–Crippen LogP) is 0.480. The zero-order chi connectivity index (χ0) is 16.6. The van der Waals surface area contributed by atoms with Crippen LogP contribution in [0.15, 0.2) is 4.79 Å². The van der Waals surface area contributed by atoms with Gasteiger partial charge in [0.25, 0.3) is 11.5 Å². The van der Waals surface area contributed by atoms with Crippen molar-refractivity contribution in [1.82, 2.24) is 15.3 Å². The third-order valence-electron chi connectivity index (χ3n) is 4.55. The van der Waals surface area contributed by atoms with Crippen LogP contribution in [0.1, 0.15) is 42.6 Å². The highest BCUT2D eigenvalue weighted by atomic mass is 32.1. The molecule has 4 N–H and O–H groups in total. The van der Waals surface area contributed by atoms with Crippen molar-refractivity contribution < 1.29 is 10.1 Å². The van der Waals surface area contributed by atoms with E-state index in [2.05, 4.69) is 22.2 Å². The number of quaternary nitrogens is 1. The fraction of sp³-hybridized carbons (Fsp3) is 0.562. The zero-order valence-corrected chi connectivity index (χ0v) is 14.5. The first-order valence-corrected chi connectivity index (χ1v) is 8.89. The van der Waals surface area contributed by atoms with E-state index in [1.54, 1.807) is 18.4 Å². The second-order valence-electron chi connectivity index (χ2n) is 6.38. The van der Waals surface area contributed by atoms with Crippen molar-refractivity contribution in [3.05, 3.63) is 26.6 Å². The molecule has 1 aliphatic carbocycles. The van der Waals surface area contributed by atoms with Crippen LogP contribution in [-0.4, -0.2) is 29.5 Å². The highest BCUT2D eigenvalue weighted by molar-refractivity contribution is 7.18. The number of rotatable bonds is 4. The number of hydrogen-bond acceptors (Lipinski definition) is 4. The minimum absolute atomic E-state index is 0.0409. The number of fused-ring (bicyclic) bond motifs is 3. The highest BCUT2D eigenvalue weighted by Gasteiger charge is 2.24. The van der Waals surface area contributed by atoms with Crippen LogP contribution >= 0.6 is 11.3 Å². The Morgan fingerprint density at radius 1 is 1.57 bits per heavy atom. The molecule has 0 fully saturated rings. The molecule has 0 aromatic carbocycles. The molecule has 0 bridgehead atoms. The molecule has 23 heavy (non-hydrogen) atoms. The normalized spacial score (nSPS) is 18.7. The van der Waals surface area contributed by atoms with Gasteiger partial charge in [-0.2, -0.15) is 0 Å². The Labute approximate surface area is 138 Å². The van der Waals surface area contributed by atoms with E-state index < -0.39 is 0 Å². The van der Waals surface area contributed by atoms with Gasteiger partial charge in [0.05, 0.1) is 5.39 Å². The molecular weight excluding hydrogens is 312 g/mol. The van der Waals surface area contributed by atoms with E-state index in [-0.39, 0.29) is 17.5 Å². The second-order valence-corrected chi connectivity index (χ2v) is 7.47. The Morgan fingerprint density at radius 2 is 2.35 bits per heavy atom. The average Bonchev–Trinajstić information content (AvgIpc) is 2.89. The lowest BCUT2D eigenvalue weighted by Crippen LogP contribution is -2.87. The first kappa shape index (κ1) is 16.1. The number of H-pyrrole nitrogens is 1. The van der Waals surface area contributed by atoms with Gasteiger partial charge in [0, 0.05) is 11.9 Å². The van der Waals surface area contributed by atoms with Crippen LogP contribution in [-0.2, 0) is 17.6 Å². The summed E-state index contributed by atoms with van der Waals surface area (Å²) >= 11 is 1.65. The van der Waals surface area contributed by atoms with Crippen LogP contribution in [0.2, 0.25) is 0 Å². The van der Waals surface area contributed by atoms with Gasteiger partial charge in [0.2, 0.25) is 0 Å². The fourth-order valence-electron chi connectivity index (χ4n) is 3.08. The molecule has 1 aliphatic rings. The van der Waals surface area contributed by atoms with Crippen LogP contribution in [0.4, 0.5) is 0 Å². The molecule has 124 valence electrons. The monoisotopic (exact) mass is 335 g/mol. The Bertz CT molecular complexity index is 795. The van der Waals surface area contributed by atoms with E-state index in [1.807, 2.05) is 12.2 Å². The van der Waals surface area contributed by atoms with Crippen LogP contribution < -0.4 is 16.2 Å². The maximum atomic E-state index is 12.5. The fourth-order valence-corrected chi connectivity index (χ4v) is 4.47. The van der Waals surface area contributed by atoms with E-state index in [0.29, 0.717) is 18.3 Å². The summed E-state index contributed by atoms with van der Waals surface area (Å²) in [5, 5.41) is 5.24. The molecule has 2 aromatic rings. The summed E-state index contributed by atoms with van der Waals surface area (Å²) in [6, 6.07) is -0.0672. The number of carbonyl (C=O) groups excluding carboxylic acids is 1. The Morgan fingerprint density at radius 3 is 3.09 bits per heavy atom. The quantitative estimate of drug-likeness (QED) is 0.759. The first-order chi connectivity index (χ1) is 11.0. The molecule has 2 aromatic heterocycles. The number of thiophene rings is 1. The summed E-state index contributed by atoms with van der Waals surface area (Å²) < 4.78 is 0. The van der Waals surface area contributed by atoms with Crippen LogP contribution in [0.5, 0.6) is 0 Å². The van der Waals surface area contributed by atoms with Crippen molar-refractivity contribution in [2.45, 2.75) is 39.2 Å². The number of aromatic nitrogens is 2. The van der Waals surface area contributed by atoms with E-state index >= 15 is 0 Å². The van der Waals surface area contributed by atoms with Crippen molar-refractivity contribution in [2.75, 3.05) is 13.6 Å². The summed E-state index contributed by atoms with van der Waals surface area (Å²) in [5.74, 6) is 1.27. The lowest BCUT2D eigenvalue weighted by atomic mass is 9.89. The minimum atomic E-state index is -0.0672. The zero-order valence-electron chi connectivity index (χ0n) is 13.7. The lowest BCUT2D eigenvalue weighted by molar-refractivity contribution is -0.683. The second kappa shape index (κ2) is 6.41. The van der Waals surface area contributed by atoms with Crippen LogP contribution in [0.3, 0.4) is 0 Å². The summed E-state index contributed by atoms with van der Waals surface area (Å²) in [7, 11) is 1.62. The lowest BCUT2D eigenvalue weighted by Gasteiger charge is -2.17. The molecule has 7 heteroatoms. The van der Waals surface area contributed by atoms with Gasteiger partial charge < -0.3 is 15.6 Å². The van der Waals surface area contributed by atoms with Gasteiger partial charge >= 0.3 is 0 Å². The molecule has 0 radical (unpaired) electrons. The third-order valence-corrected chi connectivity index (χ3v) is 5.70. The van der Waals surface area contributed by atoms with Crippen LogP contribution in [0.25, 0.3) is 10.2 Å². The molecule has 2 atom stereocenters. The van der Waals surface area contributed by atoms with E-state index in [0.717, 1.165) is 29.5 Å². The largest absolute Gasteiger partial charge is 0.354 e. The minimum Gasteiger partial charge on any atom is -0.354 e. The summed E-state index contributed by atoms with van der Waals surface area (Å²) in [6.45, 7) is 4.52.